The van der Waals surface area contributed by atoms with Crippen LogP contribution in [-0.2, 0) is 0 Å². The van der Waals surface area contributed by atoms with Gasteiger partial charge in [0.2, 0.25) is 5.82 Å². The van der Waals surface area contributed by atoms with E-state index in [1.54, 1.807) is 30.5 Å². The van der Waals surface area contributed by atoms with E-state index in [1.807, 2.05) is 25.1 Å². The Balaban J connectivity index is 1.67. The van der Waals surface area contributed by atoms with Crippen LogP contribution >= 0.6 is 11.6 Å². The van der Waals surface area contributed by atoms with Gasteiger partial charge in [-0.3, -0.25) is 0 Å². The van der Waals surface area contributed by atoms with Crippen LogP contribution in [0.15, 0.2) is 48.7 Å². The average molecular weight is 486 g/mol. The highest BCUT2D eigenvalue weighted by molar-refractivity contribution is 6.30. The van der Waals surface area contributed by atoms with E-state index < -0.39 is 11.6 Å². The summed E-state index contributed by atoms with van der Waals surface area (Å²) in [5.74, 6) is -2.21. The number of nitrogens with two attached hydrogens (primary N) is 1. The number of rotatable bonds is 8. The number of nitrogens with zero attached hydrogens (tertiary/aromatic N) is 6. The van der Waals surface area contributed by atoms with Crippen LogP contribution in [-0.4, -0.2) is 57.3 Å². The summed E-state index contributed by atoms with van der Waals surface area (Å²) >= 11 is 6.10. The Bertz CT molecular complexity index is 1310. The van der Waals surface area contributed by atoms with Gasteiger partial charge in [0.1, 0.15) is 11.5 Å². The maximum atomic E-state index is 15.0. The number of halogens is 3. The van der Waals surface area contributed by atoms with E-state index in [2.05, 4.69) is 20.5 Å². The van der Waals surface area contributed by atoms with E-state index in [0.717, 1.165) is 16.8 Å². The van der Waals surface area contributed by atoms with Crippen LogP contribution in [0, 0.1) is 11.6 Å². The molecule has 0 aliphatic heterocycles. The van der Waals surface area contributed by atoms with Crippen molar-refractivity contribution >= 4 is 17.4 Å². The maximum absolute atomic E-state index is 15.0. The van der Waals surface area contributed by atoms with Gasteiger partial charge in [-0.1, -0.05) is 23.7 Å². The lowest BCUT2D eigenvalue weighted by molar-refractivity contribution is 0.267. The Hall–Kier alpha value is -3.63. The molecule has 0 unspecified atom stereocenters. The standard InChI is InChI=1S/C23H22ClF2N7O/c1-32(2)9-4-10-34-19-8-7-18(20(25)21(19)26)33-23(29-30-31-33)17-12-15(13-28-22(17)27)14-5-3-6-16(24)11-14/h3,5-8,11-13H,4,9-10H2,1-2H3,(H2,27,28). The molecule has 8 nitrogen and oxygen atoms in total. The van der Waals surface area contributed by atoms with Gasteiger partial charge in [-0.15, -0.1) is 5.10 Å². The van der Waals surface area contributed by atoms with Crippen molar-refractivity contribution in [3.63, 3.8) is 0 Å². The Morgan fingerprint density at radius 2 is 1.91 bits per heavy atom. The summed E-state index contributed by atoms with van der Waals surface area (Å²) < 4.78 is 36.2. The molecule has 0 saturated heterocycles. The maximum Gasteiger partial charge on any atom is 0.202 e. The molecule has 0 saturated carbocycles. The summed E-state index contributed by atoms with van der Waals surface area (Å²) in [6.45, 7) is 1.02. The molecule has 0 bridgehead atoms. The average Bonchev–Trinajstić information content (AvgIpc) is 3.29. The predicted molar refractivity (Wildman–Crippen MR) is 126 cm³/mol. The number of pyridine rings is 1. The zero-order valence-electron chi connectivity index (χ0n) is 18.5. The van der Waals surface area contributed by atoms with Gasteiger partial charge in [-0.25, -0.2) is 9.37 Å². The zero-order valence-corrected chi connectivity index (χ0v) is 19.3. The lowest BCUT2D eigenvalue weighted by Crippen LogP contribution is -2.16. The largest absolute Gasteiger partial charge is 0.490 e. The summed E-state index contributed by atoms with van der Waals surface area (Å²) in [5, 5.41) is 12.0. The molecule has 2 N–H and O–H groups in total. The molecule has 0 spiro atoms. The summed E-state index contributed by atoms with van der Waals surface area (Å²) in [5.41, 5.74) is 7.75. The first-order valence-corrected chi connectivity index (χ1v) is 10.8. The fourth-order valence-corrected chi connectivity index (χ4v) is 3.55. The Labute approximate surface area is 199 Å². The van der Waals surface area contributed by atoms with E-state index >= 15 is 4.39 Å². The van der Waals surface area contributed by atoms with Crippen LogP contribution in [0.25, 0.3) is 28.2 Å². The van der Waals surface area contributed by atoms with E-state index in [-0.39, 0.29) is 29.7 Å². The second kappa shape index (κ2) is 10.1. The monoisotopic (exact) mass is 485 g/mol. The molecule has 2 aromatic carbocycles. The van der Waals surface area contributed by atoms with Crippen molar-refractivity contribution in [2.75, 3.05) is 33.0 Å². The van der Waals surface area contributed by atoms with E-state index in [9.17, 15) is 4.39 Å². The number of hydrogen-bond donors (Lipinski definition) is 1. The van der Waals surface area contributed by atoms with Crippen molar-refractivity contribution in [1.82, 2.24) is 30.1 Å². The molecule has 176 valence electrons. The number of nitrogen functional groups attached to an aromatic ring is 1. The normalized spacial score (nSPS) is 11.2. The zero-order chi connectivity index (χ0) is 24.2. The molecule has 0 aliphatic rings. The van der Waals surface area contributed by atoms with Crippen LogP contribution < -0.4 is 10.5 Å². The lowest BCUT2D eigenvalue weighted by atomic mass is 10.1. The number of tetrazole rings is 1. The summed E-state index contributed by atoms with van der Waals surface area (Å²) in [4.78, 5) is 6.20. The third-order valence-corrected chi connectivity index (χ3v) is 5.28. The van der Waals surface area contributed by atoms with Gasteiger partial charge in [-0.2, -0.15) is 9.07 Å². The van der Waals surface area contributed by atoms with Gasteiger partial charge in [0.05, 0.1) is 12.2 Å². The highest BCUT2D eigenvalue weighted by Crippen LogP contribution is 2.32. The number of ether oxygens (including phenoxy) is 1. The molecule has 4 rings (SSSR count). The molecule has 34 heavy (non-hydrogen) atoms. The predicted octanol–water partition coefficient (Wildman–Crippen LogP) is 4.24. The molecule has 0 radical (unpaired) electrons. The number of anilines is 1. The van der Waals surface area contributed by atoms with E-state index in [0.29, 0.717) is 22.6 Å². The first-order chi connectivity index (χ1) is 16.3. The van der Waals surface area contributed by atoms with Gasteiger partial charge in [0, 0.05) is 23.3 Å². The van der Waals surface area contributed by atoms with Gasteiger partial charge < -0.3 is 15.4 Å². The van der Waals surface area contributed by atoms with Gasteiger partial charge in [0.25, 0.3) is 0 Å². The molecular formula is C23H22ClF2N7O. The van der Waals surface area contributed by atoms with Gasteiger partial charge in [0.15, 0.2) is 17.4 Å². The SMILES string of the molecule is CN(C)CCCOc1ccc(-n2nnnc2-c2cc(-c3cccc(Cl)c3)cnc2N)c(F)c1F. The second-order valence-electron chi connectivity index (χ2n) is 7.80. The van der Waals surface area contributed by atoms with Gasteiger partial charge in [-0.05, 0) is 66.8 Å². The summed E-state index contributed by atoms with van der Waals surface area (Å²) in [6.07, 6.45) is 2.25. The molecule has 2 aromatic heterocycles. The minimum Gasteiger partial charge on any atom is -0.490 e. The molecule has 4 aromatic rings. The van der Waals surface area contributed by atoms with Crippen LogP contribution in [0.3, 0.4) is 0 Å². The fraction of sp³-hybridized carbons (Fsp3) is 0.217. The highest BCUT2D eigenvalue weighted by atomic mass is 35.5. The van der Waals surface area contributed by atoms with Gasteiger partial charge >= 0.3 is 0 Å². The summed E-state index contributed by atoms with van der Waals surface area (Å²) in [6, 6.07) is 11.6. The number of hydrogen-bond acceptors (Lipinski definition) is 7. The molecular weight excluding hydrogens is 464 g/mol. The Kier molecular flexibility index (Phi) is 6.99. The van der Waals surface area contributed by atoms with Crippen LogP contribution in [0.4, 0.5) is 14.6 Å². The van der Waals surface area contributed by atoms with Crippen LogP contribution in [0.1, 0.15) is 6.42 Å². The van der Waals surface area contributed by atoms with E-state index in [1.165, 1.54) is 12.1 Å². The third-order valence-electron chi connectivity index (χ3n) is 5.05. The van der Waals surface area contributed by atoms with Crippen LogP contribution in [0.5, 0.6) is 5.75 Å². The Morgan fingerprint density at radius 3 is 2.68 bits per heavy atom. The minimum atomic E-state index is -1.14. The lowest BCUT2D eigenvalue weighted by Gasteiger charge is -2.13. The quantitative estimate of drug-likeness (QED) is 0.373. The first kappa shape index (κ1) is 23.5. The fourth-order valence-electron chi connectivity index (χ4n) is 3.36. The molecule has 2 heterocycles. The van der Waals surface area contributed by atoms with Crippen LogP contribution in [0.2, 0.25) is 5.02 Å². The van der Waals surface area contributed by atoms with Crippen molar-refractivity contribution in [2.24, 2.45) is 0 Å². The van der Waals surface area contributed by atoms with Crippen molar-refractivity contribution < 1.29 is 13.5 Å². The smallest absolute Gasteiger partial charge is 0.202 e. The highest BCUT2D eigenvalue weighted by Gasteiger charge is 2.22. The molecule has 0 aliphatic carbocycles. The minimum absolute atomic E-state index is 0.104. The first-order valence-electron chi connectivity index (χ1n) is 10.4. The van der Waals surface area contributed by atoms with Crippen molar-refractivity contribution in [2.45, 2.75) is 6.42 Å². The third kappa shape index (κ3) is 4.97. The molecule has 0 amide bonds. The second-order valence-corrected chi connectivity index (χ2v) is 8.23. The number of aromatic nitrogens is 5. The molecule has 11 heteroatoms. The van der Waals surface area contributed by atoms with Crippen molar-refractivity contribution in [1.29, 1.82) is 0 Å². The topological polar surface area (TPSA) is 95.0 Å². The van der Waals surface area contributed by atoms with Crippen molar-refractivity contribution in [3.8, 4) is 34.0 Å². The molecule has 0 atom stereocenters. The van der Waals surface area contributed by atoms with Crippen molar-refractivity contribution in [3.05, 3.63) is 65.3 Å². The Morgan fingerprint density at radius 1 is 1.09 bits per heavy atom. The summed E-state index contributed by atoms with van der Waals surface area (Å²) in [7, 11) is 3.84. The molecule has 0 fully saturated rings. The van der Waals surface area contributed by atoms with E-state index in [4.69, 9.17) is 22.1 Å². The number of benzene rings is 2.